The van der Waals surface area contributed by atoms with Crippen LogP contribution >= 0.6 is 8.58 Å². The van der Waals surface area contributed by atoms with E-state index in [1.54, 1.807) is 6.20 Å². The third-order valence-electron chi connectivity index (χ3n) is 2.23. The molecule has 1 radical (unpaired) electrons. The fourth-order valence-corrected chi connectivity index (χ4v) is 2.42. The number of hydrogen-bond acceptors (Lipinski definition) is 1. The van der Waals surface area contributed by atoms with Crippen LogP contribution in [0.1, 0.15) is 0 Å². The molecule has 0 saturated carbocycles. The first-order valence-corrected chi connectivity index (χ1v) is 5.60. The smallest absolute Gasteiger partial charge is 0.140 e. The van der Waals surface area contributed by atoms with Gasteiger partial charge in [0, 0.05) is 23.3 Å². The first-order chi connectivity index (χ1) is 7.42. The fourth-order valence-electron chi connectivity index (χ4n) is 1.55. The van der Waals surface area contributed by atoms with E-state index in [4.69, 9.17) is 0 Å². The lowest BCUT2D eigenvalue weighted by Gasteiger charge is -1.90. The van der Waals surface area contributed by atoms with Crippen LogP contribution in [0.3, 0.4) is 0 Å². The first-order valence-electron chi connectivity index (χ1n) is 4.71. The molecule has 0 aliphatic heterocycles. The lowest BCUT2D eigenvalue weighted by Crippen LogP contribution is -2.06. The predicted molar refractivity (Wildman–Crippen MR) is 63.1 cm³/mol. The van der Waals surface area contributed by atoms with Crippen LogP contribution in [0.25, 0.3) is 10.9 Å². The van der Waals surface area contributed by atoms with Gasteiger partial charge in [0.15, 0.2) is 0 Å². The lowest BCUT2D eigenvalue weighted by molar-refractivity contribution is 1.41. The van der Waals surface area contributed by atoms with Gasteiger partial charge in [-0.15, -0.1) is 0 Å². The number of hydrogen-bond donors (Lipinski definition) is 2. The molecule has 3 rings (SSSR count). The molecule has 0 aliphatic rings. The molecule has 0 spiro atoms. The quantitative estimate of drug-likeness (QED) is 0.627. The van der Waals surface area contributed by atoms with E-state index in [0.717, 1.165) is 19.6 Å². The summed E-state index contributed by atoms with van der Waals surface area (Å²) in [7, 11) is 1.08. The highest BCUT2D eigenvalue weighted by Crippen LogP contribution is 2.14. The molecule has 0 saturated heterocycles. The Hall–Kier alpha value is -1.60. The Balaban J connectivity index is 1.98. The van der Waals surface area contributed by atoms with E-state index < -0.39 is 0 Å². The van der Waals surface area contributed by atoms with Gasteiger partial charge in [0.2, 0.25) is 0 Å². The summed E-state index contributed by atoms with van der Waals surface area (Å²) >= 11 is 0. The molecule has 15 heavy (non-hydrogen) atoms. The Bertz CT molecular complexity index is 535. The van der Waals surface area contributed by atoms with E-state index >= 15 is 0 Å². The highest BCUT2D eigenvalue weighted by atomic mass is 31.1. The van der Waals surface area contributed by atoms with Crippen molar-refractivity contribution in [3.63, 3.8) is 0 Å². The summed E-state index contributed by atoms with van der Waals surface area (Å²) in [6, 6.07) is 10.4. The van der Waals surface area contributed by atoms with Crippen LogP contribution in [0.4, 0.5) is 0 Å². The standard InChI is InChI=1S/C11H9N3P/c1-2-4-9-8(3-1)7-10(14-9)15-11-12-5-6-13-11/h1-7,14H,(H,12,13). The molecular weight excluding hydrogens is 205 g/mol. The number of aromatic nitrogens is 3. The topological polar surface area (TPSA) is 44.5 Å². The second-order valence-corrected chi connectivity index (χ2v) is 4.40. The number of benzene rings is 1. The van der Waals surface area contributed by atoms with E-state index in [9.17, 15) is 0 Å². The fraction of sp³-hybridized carbons (Fsp3) is 0. The summed E-state index contributed by atoms with van der Waals surface area (Å²) in [4.78, 5) is 10.6. The van der Waals surface area contributed by atoms with E-state index in [2.05, 4.69) is 33.2 Å². The summed E-state index contributed by atoms with van der Waals surface area (Å²) in [5.41, 5.74) is 3.29. The predicted octanol–water partition coefficient (Wildman–Crippen LogP) is 1.79. The van der Waals surface area contributed by atoms with Crippen LogP contribution in [-0.2, 0) is 0 Å². The van der Waals surface area contributed by atoms with Gasteiger partial charge >= 0.3 is 0 Å². The molecule has 3 nitrogen and oxygen atoms in total. The van der Waals surface area contributed by atoms with Crippen molar-refractivity contribution in [2.75, 3.05) is 0 Å². The number of H-pyrrole nitrogens is 2. The zero-order valence-electron chi connectivity index (χ0n) is 7.94. The monoisotopic (exact) mass is 214 g/mol. The number of imidazole rings is 1. The van der Waals surface area contributed by atoms with Gasteiger partial charge in [-0.05, 0) is 12.1 Å². The molecule has 0 unspecified atom stereocenters. The molecule has 2 heterocycles. The third kappa shape index (κ3) is 1.66. The Labute approximate surface area is 88.7 Å². The second kappa shape index (κ2) is 3.52. The number of para-hydroxylation sites is 1. The molecule has 0 aliphatic carbocycles. The van der Waals surface area contributed by atoms with Gasteiger partial charge < -0.3 is 9.97 Å². The Morgan fingerprint density at radius 1 is 1.20 bits per heavy atom. The first kappa shape index (κ1) is 8.69. The second-order valence-electron chi connectivity index (χ2n) is 3.27. The summed E-state index contributed by atoms with van der Waals surface area (Å²) in [5.74, 6) is 0. The van der Waals surface area contributed by atoms with Crippen molar-refractivity contribution in [3.8, 4) is 0 Å². The molecule has 4 heteroatoms. The van der Waals surface area contributed by atoms with Crippen molar-refractivity contribution in [2.45, 2.75) is 0 Å². The average Bonchev–Trinajstić information content (AvgIpc) is 2.86. The average molecular weight is 214 g/mol. The molecular formula is C11H9N3P. The van der Waals surface area contributed by atoms with Crippen LogP contribution < -0.4 is 11.0 Å². The minimum atomic E-state index is 0.960. The van der Waals surface area contributed by atoms with E-state index in [1.807, 2.05) is 18.3 Å². The molecule has 0 bridgehead atoms. The highest BCUT2D eigenvalue weighted by Gasteiger charge is 2.03. The Morgan fingerprint density at radius 2 is 2.13 bits per heavy atom. The maximum Gasteiger partial charge on any atom is 0.140 e. The van der Waals surface area contributed by atoms with E-state index in [-0.39, 0.29) is 0 Å². The van der Waals surface area contributed by atoms with Crippen molar-refractivity contribution >= 4 is 30.5 Å². The van der Waals surface area contributed by atoms with E-state index in [0.29, 0.717) is 0 Å². The number of aromatic amines is 2. The maximum absolute atomic E-state index is 4.19. The van der Waals surface area contributed by atoms with Crippen LogP contribution in [0.2, 0.25) is 0 Å². The highest BCUT2D eigenvalue weighted by molar-refractivity contribution is 7.54. The zero-order chi connectivity index (χ0) is 10.1. The van der Waals surface area contributed by atoms with Crippen molar-refractivity contribution in [1.29, 1.82) is 0 Å². The molecule has 2 N–H and O–H groups in total. The van der Waals surface area contributed by atoms with Crippen LogP contribution in [0, 0.1) is 0 Å². The van der Waals surface area contributed by atoms with Crippen LogP contribution in [-0.4, -0.2) is 15.0 Å². The van der Waals surface area contributed by atoms with Crippen molar-refractivity contribution in [1.82, 2.24) is 15.0 Å². The lowest BCUT2D eigenvalue weighted by atomic mass is 10.3. The van der Waals surface area contributed by atoms with Gasteiger partial charge in [-0.3, -0.25) is 0 Å². The van der Waals surface area contributed by atoms with Crippen molar-refractivity contribution in [3.05, 3.63) is 42.7 Å². The maximum atomic E-state index is 4.19. The van der Waals surface area contributed by atoms with Gasteiger partial charge in [-0.1, -0.05) is 18.2 Å². The third-order valence-corrected chi connectivity index (χ3v) is 3.16. The summed E-state index contributed by atoms with van der Waals surface area (Å²) in [6.45, 7) is 0. The molecule has 1 aromatic carbocycles. The Kier molecular flexibility index (Phi) is 2.04. The minimum absolute atomic E-state index is 0.960. The SMILES string of the molecule is c1ccc2[nH]c([P]c3ncc[nH]3)cc2c1. The summed E-state index contributed by atoms with van der Waals surface area (Å²) in [5, 5.41) is 1.24. The molecule has 0 fully saturated rings. The number of rotatable bonds is 2. The van der Waals surface area contributed by atoms with Crippen molar-refractivity contribution < 1.29 is 0 Å². The number of fused-ring (bicyclic) bond motifs is 1. The molecule has 2 aromatic heterocycles. The molecule has 3 aromatic rings. The number of nitrogens with one attached hydrogen (secondary N) is 2. The molecule has 0 atom stereocenters. The van der Waals surface area contributed by atoms with Crippen LogP contribution in [0.5, 0.6) is 0 Å². The summed E-state index contributed by atoms with van der Waals surface area (Å²) in [6.07, 6.45) is 3.61. The normalized spacial score (nSPS) is 11.7. The Morgan fingerprint density at radius 3 is 2.93 bits per heavy atom. The van der Waals surface area contributed by atoms with Gasteiger partial charge in [0.05, 0.1) is 14.0 Å². The van der Waals surface area contributed by atoms with Gasteiger partial charge in [-0.25, -0.2) is 4.98 Å². The molecule has 0 amide bonds. The molecule has 73 valence electrons. The van der Waals surface area contributed by atoms with Gasteiger partial charge in [0.25, 0.3) is 0 Å². The zero-order valence-corrected chi connectivity index (χ0v) is 8.83. The van der Waals surface area contributed by atoms with Gasteiger partial charge in [-0.2, -0.15) is 0 Å². The van der Waals surface area contributed by atoms with Gasteiger partial charge in [0.1, 0.15) is 5.57 Å². The minimum Gasteiger partial charge on any atom is -0.354 e. The largest absolute Gasteiger partial charge is 0.354 e. The summed E-state index contributed by atoms with van der Waals surface area (Å²) < 4.78 is 0. The van der Waals surface area contributed by atoms with Crippen LogP contribution in [0.15, 0.2) is 42.7 Å². The van der Waals surface area contributed by atoms with E-state index in [1.165, 1.54) is 10.9 Å². The van der Waals surface area contributed by atoms with Crippen molar-refractivity contribution in [2.24, 2.45) is 0 Å². The number of nitrogens with zero attached hydrogens (tertiary/aromatic N) is 1.